The third kappa shape index (κ3) is 6.93. The summed E-state index contributed by atoms with van der Waals surface area (Å²) in [6, 6.07) is 34.2. The van der Waals surface area contributed by atoms with Gasteiger partial charge < -0.3 is 20.4 Å². The summed E-state index contributed by atoms with van der Waals surface area (Å²) in [6.45, 7) is 8.69. The average Bonchev–Trinajstić information content (AvgIpc) is 3.94. The van der Waals surface area contributed by atoms with Gasteiger partial charge in [0.1, 0.15) is 11.6 Å². The van der Waals surface area contributed by atoms with Gasteiger partial charge in [0.2, 0.25) is 0 Å². The molecule has 0 atom stereocenters. The molecular formula is C44H41N9O4S2. The molecule has 0 saturated carbocycles. The number of piperazine rings is 2. The van der Waals surface area contributed by atoms with Gasteiger partial charge in [-0.05, 0) is 67.1 Å². The number of aromatic nitrogens is 4. The van der Waals surface area contributed by atoms with Gasteiger partial charge in [0.15, 0.2) is 0 Å². The first-order valence-electron chi connectivity index (χ1n) is 19.4. The minimum absolute atomic E-state index is 0.0867. The van der Waals surface area contributed by atoms with E-state index in [0.29, 0.717) is 21.5 Å². The van der Waals surface area contributed by atoms with Crippen molar-refractivity contribution in [3.8, 4) is 6.07 Å². The van der Waals surface area contributed by atoms with Gasteiger partial charge in [-0.25, -0.2) is 34.7 Å². The molecule has 4 aromatic carbocycles. The van der Waals surface area contributed by atoms with Crippen LogP contribution in [0.15, 0.2) is 131 Å². The van der Waals surface area contributed by atoms with Crippen molar-refractivity contribution < 1.29 is 16.8 Å². The van der Waals surface area contributed by atoms with Crippen LogP contribution in [0.2, 0.25) is 0 Å². The second-order valence-corrected chi connectivity index (χ2v) is 18.2. The fourth-order valence-corrected chi connectivity index (χ4v) is 10.9. The van der Waals surface area contributed by atoms with Gasteiger partial charge in [-0.3, -0.25) is 0 Å². The molecule has 15 heteroatoms. The van der Waals surface area contributed by atoms with Crippen molar-refractivity contribution in [1.82, 2.24) is 28.5 Å². The fraction of sp³-hybridized carbons (Fsp3) is 0.205. The van der Waals surface area contributed by atoms with E-state index in [4.69, 9.17) is 9.97 Å². The summed E-state index contributed by atoms with van der Waals surface area (Å²) in [5, 5.41) is 19.1. The zero-order chi connectivity index (χ0) is 40.7. The van der Waals surface area contributed by atoms with Gasteiger partial charge >= 0.3 is 0 Å². The van der Waals surface area contributed by atoms with Crippen LogP contribution in [-0.4, -0.2) is 87.1 Å². The summed E-state index contributed by atoms with van der Waals surface area (Å²) in [7, 11) is -7.61. The van der Waals surface area contributed by atoms with E-state index < -0.39 is 20.0 Å². The lowest BCUT2D eigenvalue weighted by molar-refractivity contribution is 0.586. The van der Waals surface area contributed by atoms with Crippen molar-refractivity contribution in [2.75, 3.05) is 62.2 Å². The normalized spacial score (nSPS) is 15.1. The van der Waals surface area contributed by atoms with E-state index in [1.165, 1.54) is 20.1 Å². The van der Waals surface area contributed by atoms with Gasteiger partial charge in [-0.2, -0.15) is 5.26 Å². The highest BCUT2D eigenvalue weighted by atomic mass is 32.2. The molecule has 59 heavy (non-hydrogen) atoms. The van der Waals surface area contributed by atoms with Crippen LogP contribution < -0.4 is 20.4 Å². The highest BCUT2D eigenvalue weighted by molar-refractivity contribution is 7.90. The smallest absolute Gasteiger partial charge is 0.268 e. The Morgan fingerprint density at radius 1 is 0.559 bits per heavy atom. The third-order valence-corrected chi connectivity index (χ3v) is 14.2. The van der Waals surface area contributed by atoms with E-state index in [1.807, 2.05) is 79.7 Å². The van der Waals surface area contributed by atoms with Crippen LogP contribution in [0, 0.1) is 18.3 Å². The molecular weight excluding hydrogens is 783 g/mol. The Morgan fingerprint density at radius 2 is 1.02 bits per heavy atom. The molecule has 8 aromatic rings. The number of hydrogen-bond donors (Lipinski definition) is 2. The number of para-hydroxylation sites is 2. The van der Waals surface area contributed by atoms with Crippen molar-refractivity contribution in [2.24, 2.45) is 0 Å². The highest BCUT2D eigenvalue weighted by Gasteiger charge is 2.26. The summed E-state index contributed by atoms with van der Waals surface area (Å²) >= 11 is 0. The third-order valence-electron chi connectivity index (χ3n) is 10.9. The summed E-state index contributed by atoms with van der Waals surface area (Å²) in [5.74, 6) is 1.64. The number of nitrogens with one attached hydrogen (secondary N) is 2. The second kappa shape index (κ2) is 15.5. The number of anilines is 2. The molecule has 0 radical (unpaired) electrons. The summed E-state index contributed by atoms with van der Waals surface area (Å²) in [6.07, 6.45) is 3.24. The molecule has 0 amide bonds. The van der Waals surface area contributed by atoms with Crippen LogP contribution >= 0.6 is 0 Å². The molecule has 2 saturated heterocycles. The number of pyridine rings is 2. The van der Waals surface area contributed by atoms with Crippen molar-refractivity contribution >= 4 is 75.3 Å². The second-order valence-electron chi connectivity index (χ2n) is 14.6. The number of aryl methyl sites for hydroxylation is 1. The number of fused-ring (bicyclic) bond motifs is 6. The first-order chi connectivity index (χ1) is 28.6. The first-order valence-corrected chi connectivity index (χ1v) is 22.3. The predicted octanol–water partition coefficient (Wildman–Crippen LogP) is 5.85. The predicted molar refractivity (Wildman–Crippen MR) is 232 cm³/mol. The van der Waals surface area contributed by atoms with Gasteiger partial charge in [0.05, 0.1) is 43.5 Å². The quantitative estimate of drug-likeness (QED) is 0.207. The Bertz CT molecular complexity index is 3160. The summed E-state index contributed by atoms with van der Waals surface area (Å²) in [5.41, 5.74) is 4.06. The lowest BCUT2D eigenvalue weighted by atomic mass is 10.1. The molecule has 0 spiro atoms. The zero-order valence-electron chi connectivity index (χ0n) is 32.3. The molecule has 10 rings (SSSR count). The number of hydrogen-bond acceptors (Lipinski definition) is 11. The largest absolute Gasteiger partial charge is 0.353 e. The number of rotatable bonds is 6. The van der Waals surface area contributed by atoms with Crippen LogP contribution in [0.1, 0.15) is 11.1 Å². The highest BCUT2D eigenvalue weighted by Crippen LogP contribution is 2.36. The van der Waals surface area contributed by atoms with Gasteiger partial charge in [-0.1, -0.05) is 54.6 Å². The lowest BCUT2D eigenvalue weighted by Crippen LogP contribution is -2.44. The number of benzene rings is 4. The Morgan fingerprint density at radius 3 is 1.49 bits per heavy atom. The molecule has 0 aliphatic carbocycles. The minimum atomic E-state index is -3.89. The van der Waals surface area contributed by atoms with Crippen molar-refractivity contribution in [3.63, 3.8) is 0 Å². The van der Waals surface area contributed by atoms with Crippen LogP contribution in [0.3, 0.4) is 0 Å². The molecule has 0 unspecified atom stereocenters. The lowest BCUT2D eigenvalue weighted by Gasteiger charge is -2.29. The average molecular weight is 824 g/mol. The zero-order valence-corrected chi connectivity index (χ0v) is 33.9. The molecule has 13 nitrogen and oxygen atoms in total. The van der Waals surface area contributed by atoms with E-state index in [9.17, 15) is 22.1 Å². The van der Waals surface area contributed by atoms with Crippen molar-refractivity contribution in [2.45, 2.75) is 16.7 Å². The molecule has 298 valence electrons. The van der Waals surface area contributed by atoms with Crippen molar-refractivity contribution in [1.29, 1.82) is 5.26 Å². The first kappa shape index (κ1) is 38.2. The standard InChI is InChI=1S/C22H19N5O2S.C22H22N4O2S/c23-15-16-4-3-5-17(14-16)30(28,29)27-11-8-19-21(27)18-6-1-2-7-20(18)25-22(19)26-12-9-24-10-13-26;1-16-5-4-6-17(15-16)29(27,28)26-12-9-19-21(26)18-7-2-3-8-20(18)24-22(19)25-13-10-23-11-14-25/h1-8,11,14,24H,9-10,12-13H2;2-9,12,15,23H,10-11,13-14H2,1H3. The van der Waals surface area contributed by atoms with E-state index in [1.54, 1.807) is 42.7 Å². The van der Waals surface area contributed by atoms with E-state index in [2.05, 4.69) is 20.4 Å². The Hall–Kier alpha value is -6.31. The van der Waals surface area contributed by atoms with Crippen molar-refractivity contribution in [3.05, 3.63) is 133 Å². The molecule has 6 heterocycles. The summed E-state index contributed by atoms with van der Waals surface area (Å²) < 4.78 is 56.8. The fourth-order valence-electron chi connectivity index (χ4n) is 7.97. The van der Waals surface area contributed by atoms with E-state index >= 15 is 0 Å². The molecule has 2 aliphatic rings. The van der Waals surface area contributed by atoms with Crippen LogP contribution in [0.4, 0.5) is 11.6 Å². The van der Waals surface area contributed by atoms with E-state index in [-0.39, 0.29) is 4.90 Å². The minimum Gasteiger partial charge on any atom is -0.353 e. The van der Waals surface area contributed by atoms with E-state index in [0.717, 1.165) is 102 Å². The molecule has 2 N–H and O–H groups in total. The van der Waals surface area contributed by atoms with Crippen LogP contribution in [0.25, 0.3) is 43.6 Å². The Labute approximate surface area is 342 Å². The van der Waals surface area contributed by atoms with Gasteiger partial charge in [-0.15, -0.1) is 0 Å². The Kier molecular flexibility index (Phi) is 10.0. The van der Waals surface area contributed by atoms with Gasteiger partial charge in [0.25, 0.3) is 20.0 Å². The molecule has 4 aromatic heterocycles. The van der Waals surface area contributed by atoms with Crippen LogP contribution in [0.5, 0.6) is 0 Å². The molecule has 2 aliphatic heterocycles. The number of nitrogens with zero attached hydrogens (tertiary/aromatic N) is 7. The molecule has 0 bridgehead atoms. The maximum Gasteiger partial charge on any atom is 0.268 e. The topological polar surface area (TPSA) is 158 Å². The monoisotopic (exact) mass is 823 g/mol. The molecule has 2 fully saturated rings. The summed E-state index contributed by atoms with van der Waals surface area (Å²) in [4.78, 5) is 14.6. The Balaban J connectivity index is 0.000000152. The maximum atomic E-state index is 13.5. The maximum absolute atomic E-state index is 13.5. The SMILES string of the molecule is Cc1cccc(S(=O)(=O)n2ccc3c(N4CCNCC4)nc4ccccc4c32)c1.N#Cc1cccc(S(=O)(=O)n2ccc3c(N4CCNCC4)nc4ccccc4c32)c1. The van der Waals surface area contributed by atoms with Gasteiger partial charge in [0, 0.05) is 86.3 Å². The van der Waals surface area contributed by atoms with Crippen LogP contribution in [-0.2, 0) is 20.0 Å². The number of nitriles is 1.